The molecule has 1 amide bonds. The van der Waals surface area contributed by atoms with Crippen LogP contribution < -0.4 is 5.32 Å². The quantitative estimate of drug-likeness (QED) is 0.607. The van der Waals surface area contributed by atoms with E-state index in [0.717, 1.165) is 6.42 Å². The Kier molecular flexibility index (Phi) is 5.69. The number of nitro benzene ring substituents is 1. The van der Waals surface area contributed by atoms with Gasteiger partial charge in [-0.25, -0.2) is 9.59 Å². The van der Waals surface area contributed by atoms with Crippen molar-refractivity contribution in [3.05, 3.63) is 33.9 Å². The van der Waals surface area contributed by atoms with Crippen molar-refractivity contribution in [2.75, 3.05) is 25.0 Å². The van der Waals surface area contributed by atoms with Crippen molar-refractivity contribution in [3.63, 3.8) is 0 Å². The smallest absolute Gasteiger partial charge is 0.410 e. The average Bonchev–Trinajstić information content (AvgIpc) is 3.00. The fourth-order valence-electron chi connectivity index (χ4n) is 2.72. The number of likely N-dealkylation sites (tertiary alicyclic amines) is 1. The van der Waals surface area contributed by atoms with Gasteiger partial charge in [0.1, 0.15) is 11.3 Å². The number of carbonyl (C=O) groups is 2. The van der Waals surface area contributed by atoms with Gasteiger partial charge in [-0.15, -0.1) is 0 Å². The van der Waals surface area contributed by atoms with Gasteiger partial charge >= 0.3 is 12.1 Å². The highest BCUT2D eigenvalue weighted by molar-refractivity contribution is 5.90. The Balaban J connectivity index is 1.99. The Morgan fingerprint density at radius 1 is 1.42 bits per heavy atom. The second-order valence-electron chi connectivity index (χ2n) is 7.26. The summed E-state index contributed by atoms with van der Waals surface area (Å²) in [5.74, 6) is -1.06. The number of ether oxygens (including phenoxy) is 1. The van der Waals surface area contributed by atoms with Gasteiger partial charge in [0.25, 0.3) is 5.69 Å². The van der Waals surface area contributed by atoms with Crippen molar-refractivity contribution >= 4 is 23.4 Å². The van der Waals surface area contributed by atoms with E-state index in [1.165, 1.54) is 18.2 Å². The van der Waals surface area contributed by atoms with E-state index >= 15 is 0 Å². The van der Waals surface area contributed by atoms with E-state index in [1.807, 2.05) is 0 Å². The molecule has 1 unspecified atom stereocenters. The number of hydrogen-bond donors (Lipinski definition) is 2. The fourth-order valence-corrected chi connectivity index (χ4v) is 2.72. The number of benzene rings is 1. The Bertz CT molecular complexity index is 713. The predicted octanol–water partition coefficient (Wildman–Crippen LogP) is 2.96. The van der Waals surface area contributed by atoms with Crippen molar-refractivity contribution in [3.8, 4) is 0 Å². The number of nitro groups is 1. The molecule has 142 valence electrons. The third kappa shape index (κ3) is 5.08. The fraction of sp³-hybridized carbons (Fsp3) is 0.529. The minimum Gasteiger partial charge on any atom is -0.478 e. The van der Waals surface area contributed by atoms with Crippen molar-refractivity contribution in [1.29, 1.82) is 0 Å². The summed E-state index contributed by atoms with van der Waals surface area (Å²) in [5, 5.41) is 23.1. The van der Waals surface area contributed by atoms with E-state index in [1.54, 1.807) is 25.7 Å². The second kappa shape index (κ2) is 7.59. The second-order valence-corrected chi connectivity index (χ2v) is 7.26. The summed E-state index contributed by atoms with van der Waals surface area (Å²) in [4.78, 5) is 35.3. The first-order chi connectivity index (χ1) is 12.1. The van der Waals surface area contributed by atoms with Gasteiger partial charge in [0.05, 0.1) is 10.5 Å². The number of aromatic carboxylic acids is 1. The first-order valence-electron chi connectivity index (χ1n) is 8.30. The Labute approximate surface area is 151 Å². The molecule has 2 N–H and O–H groups in total. The van der Waals surface area contributed by atoms with Crippen LogP contribution in [0, 0.1) is 16.0 Å². The van der Waals surface area contributed by atoms with Gasteiger partial charge in [-0.1, -0.05) is 0 Å². The van der Waals surface area contributed by atoms with E-state index in [0.29, 0.717) is 19.6 Å². The zero-order chi connectivity index (χ0) is 19.5. The van der Waals surface area contributed by atoms with Gasteiger partial charge in [0.2, 0.25) is 0 Å². The van der Waals surface area contributed by atoms with Crippen LogP contribution in [0.2, 0.25) is 0 Å². The summed E-state index contributed by atoms with van der Waals surface area (Å²) in [7, 11) is 0. The lowest BCUT2D eigenvalue weighted by molar-refractivity contribution is -0.384. The standard InChI is InChI=1S/C17H23N3O6/c1-17(2,3)26-16(23)19-7-6-11(10-19)9-18-13-8-12(15(21)22)4-5-14(13)20(24)25/h4-5,8,11,18H,6-7,9-10H2,1-3H3,(H,21,22). The number of nitrogens with zero attached hydrogens (tertiary/aromatic N) is 2. The number of hydrogen-bond acceptors (Lipinski definition) is 6. The molecule has 0 radical (unpaired) electrons. The van der Waals surface area contributed by atoms with Crippen molar-refractivity contribution < 1.29 is 24.4 Å². The number of anilines is 1. The maximum Gasteiger partial charge on any atom is 0.410 e. The van der Waals surface area contributed by atoms with Crippen LogP contribution >= 0.6 is 0 Å². The molecule has 26 heavy (non-hydrogen) atoms. The zero-order valence-electron chi connectivity index (χ0n) is 15.0. The lowest BCUT2D eigenvalue weighted by Crippen LogP contribution is -2.35. The minimum atomic E-state index is -1.15. The van der Waals surface area contributed by atoms with Crippen molar-refractivity contribution in [1.82, 2.24) is 4.90 Å². The van der Waals surface area contributed by atoms with Crippen LogP contribution in [0.15, 0.2) is 18.2 Å². The Hall–Kier alpha value is -2.84. The lowest BCUT2D eigenvalue weighted by atomic mass is 10.1. The summed E-state index contributed by atoms with van der Waals surface area (Å²) in [6.07, 6.45) is 0.359. The largest absolute Gasteiger partial charge is 0.478 e. The van der Waals surface area contributed by atoms with Gasteiger partial charge in [-0.2, -0.15) is 0 Å². The average molecular weight is 365 g/mol. The molecular formula is C17H23N3O6. The molecule has 1 aliphatic rings. The van der Waals surface area contributed by atoms with E-state index in [4.69, 9.17) is 9.84 Å². The monoisotopic (exact) mass is 365 g/mol. The number of carboxylic acid groups (broad SMARTS) is 1. The molecule has 1 aromatic rings. The molecule has 0 aromatic heterocycles. The van der Waals surface area contributed by atoms with Crippen LogP contribution in [-0.2, 0) is 4.74 Å². The van der Waals surface area contributed by atoms with Gasteiger partial charge in [0.15, 0.2) is 0 Å². The Morgan fingerprint density at radius 2 is 2.12 bits per heavy atom. The van der Waals surface area contributed by atoms with Gasteiger partial charge in [-0.05, 0) is 45.2 Å². The van der Waals surface area contributed by atoms with Crippen LogP contribution in [0.5, 0.6) is 0 Å². The first kappa shape index (κ1) is 19.5. The molecule has 1 fully saturated rings. The molecule has 0 saturated carbocycles. The molecule has 0 aliphatic carbocycles. The number of rotatable bonds is 5. The summed E-state index contributed by atoms with van der Waals surface area (Å²) >= 11 is 0. The molecule has 1 aliphatic heterocycles. The highest BCUT2D eigenvalue weighted by Crippen LogP contribution is 2.27. The topological polar surface area (TPSA) is 122 Å². The first-order valence-corrected chi connectivity index (χ1v) is 8.30. The van der Waals surface area contributed by atoms with E-state index < -0.39 is 16.5 Å². The summed E-state index contributed by atoms with van der Waals surface area (Å²) in [6.45, 7) is 6.83. The zero-order valence-corrected chi connectivity index (χ0v) is 15.0. The lowest BCUT2D eigenvalue weighted by Gasteiger charge is -2.24. The molecule has 1 saturated heterocycles. The van der Waals surface area contributed by atoms with Crippen LogP contribution in [0.3, 0.4) is 0 Å². The van der Waals surface area contributed by atoms with Gasteiger partial charge in [0, 0.05) is 25.7 Å². The maximum absolute atomic E-state index is 12.1. The maximum atomic E-state index is 12.1. The summed E-state index contributed by atoms with van der Waals surface area (Å²) in [5.41, 5.74) is -0.617. The normalized spacial score (nSPS) is 17.0. The summed E-state index contributed by atoms with van der Waals surface area (Å²) < 4.78 is 5.34. The molecule has 9 heteroatoms. The third-order valence-corrected chi connectivity index (χ3v) is 3.96. The van der Waals surface area contributed by atoms with Crippen LogP contribution in [0.25, 0.3) is 0 Å². The van der Waals surface area contributed by atoms with E-state index in [2.05, 4.69) is 5.32 Å². The third-order valence-electron chi connectivity index (χ3n) is 3.96. The van der Waals surface area contributed by atoms with Crippen LogP contribution in [-0.4, -0.2) is 52.2 Å². The molecule has 2 rings (SSSR count). The number of amides is 1. The SMILES string of the molecule is CC(C)(C)OC(=O)N1CCC(CNc2cc(C(=O)O)ccc2[N+](=O)[O-])C1. The molecule has 1 heterocycles. The molecule has 0 bridgehead atoms. The van der Waals surface area contributed by atoms with E-state index in [9.17, 15) is 19.7 Å². The van der Waals surface area contributed by atoms with Crippen LogP contribution in [0.4, 0.5) is 16.2 Å². The van der Waals surface area contributed by atoms with Crippen molar-refractivity contribution in [2.45, 2.75) is 32.8 Å². The number of carboxylic acids is 1. The molecule has 1 aromatic carbocycles. The Morgan fingerprint density at radius 3 is 2.69 bits per heavy atom. The van der Waals surface area contributed by atoms with Gasteiger partial charge < -0.3 is 20.1 Å². The molecular weight excluding hydrogens is 342 g/mol. The highest BCUT2D eigenvalue weighted by atomic mass is 16.6. The van der Waals surface area contributed by atoms with Gasteiger partial charge in [-0.3, -0.25) is 10.1 Å². The molecule has 0 spiro atoms. The van der Waals surface area contributed by atoms with Crippen molar-refractivity contribution in [2.24, 2.45) is 5.92 Å². The number of carbonyl (C=O) groups excluding carboxylic acids is 1. The van der Waals surface area contributed by atoms with Crippen LogP contribution in [0.1, 0.15) is 37.6 Å². The predicted molar refractivity (Wildman–Crippen MR) is 94.5 cm³/mol. The van der Waals surface area contributed by atoms with E-state index in [-0.39, 0.29) is 28.9 Å². The summed E-state index contributed by atoms with van der Waals surface area (Å²) in [6, 6.07) is 3.62. The molecule has 9 nitrogen and oxygen atoms in total. The number of nitrogens with one attached hydrogen (secondary N) is 1. The molecule has 1 atom stereocenters. The minimum absolute atomic E-state index is 0.0279. The highest BCUT2D eigenvalue weighted by Gasteiger charge is 2.30.